The first-order valence-electron chi connectivity index (χ1n) is 4.49. The summed E-state index contributed by atoms with van der Waals surface area (Å²) >= 11 is 11.0. The van der Waals surface area contributed by atoms with Crippen LogP contribution in [0.15, 0.2) is 17.0 Å². The number of methoxy groups -OCH3 is 1. The van der Waals surface area contributed by atoms with E-state index in [-0.39, 0.29) is 5.02 Å². The van der Waals surface area contributed by atoms with E-state index in [4.69, 9.17) is 23.2 Å². The Labute approximate surface area is 113 Å². The molecule has 0 aliphatic carbocycles. The van der Waals surface area contributed by atoms with Crippen LogP contribution in [0, 0.1) is 5.82 Å². The molecule has 18 heavy (non-hydrogen) atoms. The van der Waals surface area contributed by atoms with Gasteiger partial charge in [0.05, 0.1) is 17.2 Å². The predicted molar refractivity (Wildman–Crippen MR) is 63.6 cm³/mol. The first-order chi connectivity index (χ1) is 8.29. The molecule has 0 fully saturated rings. The zero-order chi connectivity index (χ0) is 13.9. The van der Waals surface area contributed by atoms with Gasteiger partial charge in [0.1, 0.15) is 11.4 Å². The molecule has 0 aliphatic heterocycles. The molecule has 100 valence electrons. The van der Waals surface area contributed by atoms with Crippen molar-refractivity contribution in [2.45, 2.75) is 4.90 Å². The van der Waals surface area contributed by atoms with Crippen LogP contribution in [-0.2, 0) is 19.6 Å². The number of carbonyl (C=O) groups is 1. The van der Waals surface area contributed by atoms with Gasteiger partial charge in [0.2, 0.25) is 10.0 Å². The van der Waals surface area contributed by atoms with Crippen LogP contribution in [0.1, 0.15) is 0 Å². The third-order valence-electron chi connectivity index (χ3n) is 1.92. The fourth-order valence-electron chi connectivity index (χ4n) is 1.02. The second kappa shape index (κ2) is 5.83. The lowest BCUT2D eigenvalue weighted by Gasteiger charge is -2.08. The molecule has 1 rings (SSSR count). The van der Waals surface area contributed by atoms with Crippen LogP contribution in [0.25, 0.3) is 0 Å². The van der Waals surface area contributed by atoms with Gasteiger partial charge in [-0.1, -0.05) is 23.2 Å². The zero-order valence-corrected chi connectivity index (χ0v) is 11.4. The van der Waals surface area contributed by atoms with Crippen molar-refractivity contribution in [1.29, 1.82) is 0 Å². The molecule has 0 aliphatic rings. The van der Waals surface area contributed by atoms with Crippen molar-refractivity contribution in [3.63, 3.8) is 0 Å². The average Bonchev–Trinajstić information content (AvgIpc) is 2.32. The summed E-state index contributed by atoms with van der Waals surface area (Å²) in [4.78, 5) is 10.3. The summed E-state index contributed by atoms with van der Waals surface area (Å²) in [6, 6.07) is 2.09. The molecule has 0 amide bonds. The van der Waals surface area contributed by atoms with Crippen molar-refractivity contribution in [3.8, 4) is 0 Å². The largest absolute Gasteiger partial charge is 0.468 e. The van der Waals surface area contributed by atoms with E-state index in [2.05, 4.69) is 4.74 Å². The number of nitrogens with one attached hydrogen (secondary N) is 1. The van der Waals surface area contributed by atoms with E-state index in [9.17, 15) is 17.6 Å². The van der Waals surface area contributed by atoms with E-state index in [1.165, 1.54) is 0 Å². The molecule has 0 aromatic heterocycles. The summed E-state index contributed by atoms with van der Waals surface area (Å²) in [5, 5.41) is -0.938. The number of esters is 1. The molecule has 0 spiro atoms. The van der Waals surface area contributed by atoms with Gasteiger partial charge < -0.3 is 4.74 Å². The zero-order valence-electron chi connectivity index (χ0n) is 9.04. The summed E-state index contributed by atoms with van der Waals surface area (Å²) in [5.74, 6) is -1.83. The quantitative estimate of drug-likeness (QED) is 0.676. The number of halogens is 3. The highest BCUT2D eigenvalue weighted by Crippen LogP contribution is 2.29. The monoisotopic (exact) mass is 315 g/mol. The number of benzene rings is 1. The third kappa shape index (κ3) is 3.32. The van der Waals surface area contributed by atoms with Gasteiger partial charge in [-0.25, -0.2) is 12.8 Å². The lowest BCUT2D eigenvalue weighted by atomic mass is 10.3. The molecule has 0 heterocycles. The molecule has 1 aromatic rings. The van der Waals surface area contributed by atoms with Crippen LogP contribution in [-0.4, -0.2) is 28.0 Å². The van der Waals surface area contributed by atoms with Crippen LogP contribution in [0.3, 0.4) is 0 Å². The van der Waals surface area contributed by atoms with Gasteiger partial charge in [0.15, 0.2) is 5.82 Å². The Morgan fingerprint density at radius 2 is 2.06 bits per heavy atom. The van der Waals surface area contributed by atoms with E-state index >= 15 is 0 Å². The summed E-state index contributed by atoms with van der Waals surface area (Å²) in [5.41, 5.74) is 0. The van der Waals surface area contributed by atoms with Crippen LogP contribution < -0.4 is 4.72 Å². The Hall–Kier alpha value is -0.890. The van der Waals surface area contributed by atoms with Gasteiger partial charge >= 0.3 is 5.97 Å². The second-order valence-corrected chi connectivity index (χ2v) is 5.59. The Morgan fingerprint density at radius 3 is 2.61 bits per heavy atom. The van der Waals surface area contributed by atoms with Gasteiger partial charge in [0.25, 0.3) is 0 Å². The predicted octanol–water partition coefficient (Wildman–Crippen LogP) is 1.58. The van der Waals surface area contributed by atoms with Crippen molar-refractivity contribution < 1.29 is 22.3 Å². The summed E-state index contributed by atoms with van der Waals surface area (Å²) in [7, 11) is -3.01. The fourth-order valence-corrected chi connectivity index (χ4v) is 2.73. The van der Waals surface area contributed by atoms with E-state index < -0.39 is 38.3 Å². The number of rotatable bonds is 4. The molecule has 0 radical (unpaired) electrons. The van der Waals surface area contributed by atoms with Crippen molar-refractivity contribution >= 4 is 39.2 Å². The third-order valence-corrected chi connectivity index (χ3v) is 4.14. The van der Waals surface area contributed by atoms with Crippen molar-refractivity contribution in [1.82, 2.24) is 4.72 Å². The molecule has 1 aromatic carbocycles. The summed E-state index contributed by atoms with van der Waals surface area (Å²) in [6.45, 7) is -0.584. The van der Waals surface area contributed by atoms with Crippen LogP contribution in [0.4, 0.5) is 4.39 Å². The number of sulfonamides is 1. The smallest absolute Gasteiger partial charge is 0.320 e. The molecule has 0 unspecified atom stereocenters. The van der Waals surface area contributed by atoms with E-state index in [0.717, 1.165) is 19.2 Å². The number of carbonyl (C=O) groups excluding carboxylic acids is 1. The molecule has 9 heteroatoms. The van der Waals surface area contributed by atoms with Gasteiger partial charge in [-0.2, -0.15) is 4.72 Å². The molecule has 0 bridgehead atoms. The summed E-state index contributed by atoms with van der Waals surface area (Å²) in [6.07, 6.45) is 0. The topological polar surface area (TPSA) is 72.5 Å². The lowest BCUT2D eigenvalue weighted by Crippen LogP contribution is -2.30. The van der Waals surface area contributed by atoms with Gasteiger partial charge in [-0.3, -0.25) is 4.79 Å². The molecule has 0 atom stereocenters. The molecule has 0 saturated carbocycles. The number of hydrogen-bond acceptors (Lipinski definition) is 4. The highest BCUT2D eigenvalue weighted by molar-refractivity contribution is 7.89. The Kier molecular flexibility index (Phi) is 4.92. The first kappa shape index (κ1) is 15.2. The molecule has 5 nitrogen and oxygen atoms in total. The fraction of sp³-hybridized carbons (Fsp3) is 0.222. The Morgan fingerprint density at radius 1 is 1.44 bits per heavy atom. The van der Waals surface area contributed by atoms with Crippen molar-refractivity contribution in [3.05, 3.63) is 28.0 Å². The highest BCUT2D eigenvalue weighted by atomic mass is 35.5. The minimum atomic E-state index is -4.12. The van der Waals surface area contributed by atoms with E-state index in [0.29, 0.717) is 0 Å². The summed E-state index contributed by atoms with van der Waals surface area (Å²) < 4.78 is 43.0. The Balaban J connectivity index is 3.06. The molecule has 1 N–H and O–H groups in total. The maximum absolute atomic E-state index is 13.3. The van der Waals surface area contributed by atoms with Gasteiger partial charge in [0, 0.05) is 0 Å². The van der Waals surface area contributed by atoms with E-state index in [1.807, 2.05) is 4.72 Å². The molecular weight excluding hydrogens is 308 g/mol. The van der Waals surface area contributed by atoms with Gasteiger partial charge in [-0.15, -0.1) is 0 Å². The minimum Gasteiger partial charge on any atom is -0.468 e. The van der Waals surface area contributed by atoms with E-state index in [1.54, 1.807) is 0 Å². The molecule has 0 saturated heterocycles. The maximum Gasteiger partial charge on any atom is 0.320 e. The van der Waals surface area contributed by atoms with Crippen LogP contribution in [0.2, 0.25) is 10.0 Å². The van der Waals surface area contributed by atoms with Crippen LogP contribution >= 0.6 is 23.2 Å². The average molecular weight is 316 g/mol. The number of hydrogen-bond donors (Lipinski definition) is 1. The van der Waals surface area contributed by atoms with Crippen molar-refractivity contribution in [2.24, 2.45) is 0 Å². The van der Waals surface area contributed by atoms with Crippen LogP contribution in [0.5, 0.6) is 0 Å². The van der Waals surface area contributed by atoms with Crippen molar-refractivity contribution in [2.75, 3.05) is 13.7 Å². The highest BCUT2D eigenvalue weighted by Gasteiger charge is 2.22. The lowest BCUT2D eigenvalue weighted by molar-refractivity contribution is -0.139. The minimum absolute atomic E-state index is 0.299. The number of ether oxygens (including phenoxy) is 1. The molecular formula is C9H8Cl2FNO4S. The maximum atomic E-state index is 13.3. The Bertz CT molecular complexity index is 576. The van der Waals surface area contributed by atoms with Gasteiger partial charge in [-0.05, 0) is 12.1 Å². The standard InChI is InChI=1S/C9H8Cl2FNO4S/c1-17-7(14)4-13-18(15,16)6-3-2-5(10)9(12)8(6)11/h2-3,13H,4H2,1H3. The second-order valence-electron chi connectivity index (χ2n) is 3.07. The first-order valence-corrected chi connectivity index (χ1v) is 6.73. The normalized spacial score (nSPS) is 11.3. The SMILES string of the molecule is COC(=O)CNS(=O)(=O)c1ccc(Cl)c(F)c1Cl.